The van der Waals surface area contributed by atoms with E-state index in [1.54, 1.807) is 60.6 Å². The number of ether oxygens (including phenoxy) is 2. The summed E-state index contributed by atoms with van der Waals surface area (Å²) < 4.78 is 24.4. The Morgan fingerprint density at radius 3 is 2.11 bits per heavy atom. The Morgan fingerprint density at radius 2 is 1.63 bits per heavy atom. The summed E-state index contributed by atoms with van der Waals surface area (Å²) in [6.07, 6.45) is -1.05. The van der Waals surface area contributed by atoms with Crippen molar-refractivity contribution < 1.29 is 23.5 Å². The topological polar surface area (TPSA) is 67.9 Å². The lowest BCUT2D eigenvalue weighted by molar-refractivity contribution is -0.0230. The summed E-state index contributed by atoms with van der Waals surface area (Å²) >= 11 is 0. The molecule has 1 aliphatic heterocycles. The fourth-order valence-electron chi connectivity index (χ4n) is 2.84. The maximum atomic E-state index is 13.7. The summed E-state index contributed by atoms with van der Waals surface area (Å²) in [6.45, 7) is 12.8. The van der Waals surface area contributed by atoms with Gasteiger partial charge in [0, 0.05) is 0 Å². The van der Waals surface area contributed by atoms with Crippen LogP contribution in [0.25, 0.3) is 0 Å². The van der Waals surface area contributed by atoms with Crippen LogP contribution in [0.3, 0.4) is 0 Å². The minimum Gasteiger partial charge on any atom is -0.444 e. The van der Waals surface area contributed by atoms with Crippen LogP contribution in [0.1, 0.15) is 52.7 Å². The number of amides is 2. The molecule has 2 rings (SSSR count). The van der Waals surface area contributed by atoms with Gasteiger partial charge < -0.3 is 19.7 Å². The predicted molar refractivity (Wildman–Crippen MR) is 100.0 cm³/mol. The number of benzene rings is 1. The quantitative estimate of drug-likeness (QED) is 0.839. The molecule has 1 fully saturated rings. The molecule has 150 valence electrons. The maximum absolute atomic E-state index is 13.7. The van der Waals surface area contributed by atoms with Crippen LogP contribution in [0.4, 0.5) is 14.0 Å². The van der Waals surface area contributed by atoms with Gasteiger partial charge in [0.1, 0.15) is 22.6 Å². The minimum atomic E-state index is -0.850. The zero-order valence-electron chi connectivity index (χ0n) is 17.1. The van der Waals surface area contributed by atoms with E-state index >= 15 is 0 Å². The lowest BCUT2D eigenvalue weighted by atomic mass is 9.82. The van der Waals surface area contributed by atoms with E-state index in [1.165, 1.54) is 11.0 Å². The van der Waals surface area contributed by atoms with Crippen molar-refractivity contribution >= 4 is 12.2 Å². The number of alkyl carbamates (subject to hydrolysis) is 1. The van der Waals surface area contributed by atoms with Gasteiger partial charge in [-0.25, -0.2) is 14.0 Å². The number of aryl methyl sites for hydroxylation is 1. The Hall–Kier alpha value is -2.31. The van der Waals surface area contributed by atoms with Crippen LogP contribution < -0.4 is 5.32 Å². The zero-order valence-corrected chi connectivity index (χ0v) is 17.1. The fourth-order valence-corrected chi connectivity index (χ4v) is 2.84. The SMILES string of the molecule is Cc1cc(C2(NC(=O)OC(C)(C)C)CN(C(=O)OC(C)(C)C)C2)ccc1F. The van der Waals surface area contributed by atoms with Crippen LogP contribution in [-0.2, 0) is 15.0 Å². The zero-order chi connectivity index (χ0) is 20.6. The third-order valence-electron chi connectivity index (χ3n) is 4.02. The molecule has 0 unspecified atom stereocenters. The van der Waals surface area contributed by atoms with Crippen LogP contribution in [0.15, 0.2) is 18.2 Å². The van der Waals surface area contributed by atoms with Gasteiger partial charge in [0.25, 0.3) is 0 Å². The fraction of sp³-hybridized carbons (Fsp3) is 0.600. The number of carbonyl (C=O) groups excluding carboxylic acids is 2. The molecule has 1 aromatic rings. The molecule has 0 aliphatic carbocycles. The van der Waals surface area contributed by atoms with Gasteiger partial charge in [0.2, 0.25) is 0 Å². The Kier molecular flexibility index (Phi) is 5.46. The van der Waals surface area contributed by atoms with Gasteiger partial charge in [0.15, 0.2) is 0 Å². The Balaban J connectivity index is 2.22. The number of hydrogen-bond acceptors (Lipinski definition) is 4. The van der Waals surface area contributed by atoms with E-state index in [1.807, 2.05) is 0 Å². The molecule has 1 aliphatic rings. The number of hydrogen-bond donors (Lipinski definition) is 1. The molecule has 1 aromatic carbocycles. The van der Waals surface area contributed by atoms with E-state index in [0.717, 1.165) is 0 Å². The number of likely N-dealkylation sites (tertiary alicyclic amines) is 1. The molecule has 6 nitrogen and oxygen atoms in total. The number of nitrogens with one attached hydrogen (secondary N) is 1. The summed E-state index contributed by atoms with van der Waals surface area (Å²) in [5, 5.41) is 2.86. The summed E-state index contributed by atoms with van der Waals surface area (Å²) in [5.74, 6) is -0.325. The van der Waals surface area contributed by atoms with E-state index in [-0.39, 0.29) is 18.9 Å². The largest absolute Gasteiger partial charge is 0.444 e. The van der Waals surface area contributed by atoms with Crippen molar-refractivity contribution in [3.8, 4) is 0 Å². The summed E-state index contributed by atoms with van der Waals surface area (Å²) in [6, 6.07) is 4.66. The molecule has 0 atom stereocenters. The van der Waals surface area contributed by atoms with Crippen molar-refractivity contribution in [2.45, 2.75) is 65.2 Å². The maximum Gasteiger partial charge on any atom is 0.410 e. The third kappa shape index (κ3) is 5.34. The van der Waals surface area contributed by atoms with Crippen LogP contribution in [0.5, 0.6) is 0 Å². The van der Waals surface area contributed by atoms with E-state index < -0.39 is 28.9 Å². The highest BCUT2D eigenvalue weighted by Crippen LogP contribution is 2.34. The lowest BCUT2D eigenvalue weighted by Gasteiger charge is -2.50. The van der Waals surface area contributed by atoms with Crippen molar-refractivity contribution in [3.05, 3.63) is 35.1 Å². The molecule has 0 saturated carbocycles. The van der Waals surface area contributed by atoms with Gasteiger partial charge in [0.05, 0.1) is 13.1 Å². The first-order valence-electron chi connectivity index (χ1n) is 8.96. The van der Waals surface area contributed by atoms with Crippen LogP contribution in [-0.4, -0.2) is 41.4 Å². The number of rotatable bonds is 2. The van der Waals surface area contributed by atoms with Crippen molar-refractivity contribution in [3.63, 3.8) is 0 Å². The Morgan fingerprint density at radius 1 is 1.07 bits per heavy atom. The van der Waals surface area contributed by atoms with E-state index in [0.29, 0.717) is 11.1 Å². The van der Waals surface area contributed by atoms with Gasteiger partial charge >= 0.3 is 12.2 Å². The summed E-state index contributed by atoms with van der Waals surface area (Å²) in [7, 11) is 0. The molecule has 0 bridgehead atoms. The smallest absolute Gasteiger partial charge is 0.410 e. The first kappa shape index (κ1) is 21.0. The second-order valence-electron chi connectivity index (χ2n) is 9.01. The average Bonchev–Trinajstić information content (AvgIpc) is 2.41. The molecule has 27 heavy (non-hydrogen) atoms. The Bertz CT molecular complexity index is 728. The molecule has 1 N–H and O–H groups in total. The van der Waals surface area contributed by atoms with Crippen molar-refractivity contribution in [2.24, 2.45) is 0 Å². The summed E-state index contributed by atoms with van der Waals surface area (Å²) in [5.41, 5.74) is -0.933. The average molecular weight is 380 g/mol. The lowest BCUT2D eigenvalue weighted by Crippen LogP contribution is -2.69. The highest BCUT2D eigenvalue weighted by atomic mass is 19.1. The minimum absolute atomic E-state index is 0.215. The van der Waals surface area contributed by atoms with Crippen LogP contribution in [0.2, 0.25) is 0 Å². The van der Waals surface area contributed by atoms with E-state index in [4.69, 9.17) is 9.47 Å². The van der Waals surface area contributed by atoms with Crippen LogP contribution in [0, 0.1) is 12.7 Å². The van der Waals surface area contributed by atoms with Gasteiger partial charge in [-0.3, -0.25) is 0 Å². The first-order chi connectivity index (χ1) is 12.2. The second-order valence-corrected chi connectivity index (χ2v) is 9.01. The summed E-state index contributed by atoms with van der Waals surface area (Å²) in [4.78, 5) is 26.2. The molecule has 2 amide bonds. The highest BCUT2D eigenvalue weighted by Gasteiger charge is 2.49. The van der Waals surface area contributed by atoms with Crippen molar-refractivity contribution in [2.75, 3.05) is 13.1 Å². The predicted octanol–water partition coefficient (Wildman–Crippen LogP) is 4.10. The molecule has 0 radical (unpaired) electrons. The van der Waals surface area contributed by atoms with Gasteiger partial charge in [-0.1, -0.05) is 12.1 Å². The second kappa shape index (κ2) is 7.02. The molecule has 1 saturated heterocycles. The van der Waals surface area contributed by atoms with Crippen LogP contribution >= 0.6 is 0 Å². The van der Waals surface area contributed by atoms with Crippen molar-refractivity contribution in [1.29, 1.82) is 0 Å². The molecule has 1 heterocycles. The molecular formula is C20H29FN2O4. The number of carbonyl (C=O) groups is 2. The molecular weight excluding hydrogens is 351 g/mol. The number of halogens is 1. The third-order valence-corrected chi connectivity index (χ3v) is 4.02. The molecule has 7 heteroatoms. The van der Waals surface area contributed by atoms with E-state index in [9.17, 15) is 14.0 Å². The molecule has 0 aromatic heterocycles. The van der Waals surface area contributed by atoms with Gasteiger partial charge in [-0.05, 0) is 65.7 Å². The van der Waals surface area contributed by atoms with Gasteiger partial charge in [-0.2, -0.15) is 0 Å². The number of nitrogens with zero attached hydrogens (tertiary/aromatic N) is 1. The van der Waals surface area contributed by atoms with E-state index in [2.05, 4.69) is 5.32 Å². The highest BCUT2D eigenvalue weighted by molar-refractivity contribution is 5.73. The molecule has 0 spiro atoms. The normalized spacial score (nSPS) is 16.4. The standard InChI is InChI=1S/C20H29FN2O4/c1-13-10-14(8-9-15(13)21)20(22-16(24)26-18(2,3)4)11-23(12-20)17(25)27-19(5,6)7/h8-10H,11-12H2,1-7H3,(H,22,24). The Labute approximate surface area is 160 Å². The van der Waals surface area contributed by atoms with Gasteiger partial charge in [-0.15, -0.1) is 0 Å². The van der Waals surface area contributed by atoms with Crippen molar-refractivity contribution in [1.82, 2.24) is 10.2 Å². The first-order valence-corrected chi connectivity index (χ1v) is 8.96. The monoisotopic (exact) mass is 380 g/mol.